The van der Waals surface area contributed by atoms with Crippen LogP contribution in [-0.2, 0) is 13.6 Å². The lowest BCUT2D eigenvalue weighted by atomic mass is 10.3. The van der Waals surface area contributed by atoms with Crippen LogP contribution in [0.25, 0.3) is 0 Å². The zero-order valence-electron chi connectivity index (χ0n) is 9.46. The van der Waals surface area contributed by atoms with Crippen molar-refractivity contribution in [2.45, 2.75) is 6.54 Å². The molecule has 0 saturated heterocycles. The molecule has 0 unspecified atom stereocenters. The molecule has 0 aliphatic rings. The van der Waals surface area contributed by atoms with Crippen molar-refractivity contribution in [2.24, 2.45) is 7.05 Å². The van der Waals surface area contributed by atoms with Crippen LogP contribution in [0.15, 0.2) is 30.7 Å². The molecule has 5 nitrogen and oxygen atoms in total. The summed E-state index contributed by atoms with van der Waals surface area (Å²) in [4.78, 5) is 10.5. The summed E-state index contributed by atoms with van der Waals surface area (Å²) >= 11 is 0. The van der Waals surface area contributed by atoms with Crippen molar-refractivity contribution in [2.75, 3.05) is 17.7 Å². The fourth-order valence-corrected chi connectivity index (χ4v) is 1.56. The molecule has 0 amide bonds. The van der Waals surface area contributed by atoms with Crippen molar-refractivity contribution in [1.82, 2.24) is 14.5 Å². The molecule has 2 aromatic rings. The Kier molecular flexibility index (Phi) is 2.76. The highest BCUT2D eigenvalue weighted by Crippen LogP contribution is 2.18. The number of nitrogens with two attached hydrogens (primary N) is 1. The molecule has 84 valence electrons. The Labute approximate surface area is 94.5 Å². The summed E-state index contributed by atoms with van der Waals surface area (Å²) in [5.74, 6) is 1.76. The lowest BCUT2D eigenvalue weighted by molar-refractivity contribution is 0.756. The van der Waals surface area contributed by atoms with E-state index in [0.717, 1.165) is 11.6 Å². The average Bonchev–Trinajstić information content (AvgIpc) is 2.65. The number of hydrogen-bond acceptors (Lipinski definition) is 4. The van der Waals surface area contributed by atoms with E-state index < -0.39 is 0 Å². The van der Waals surface area contributed by atoms with Gasteiger partial charge in [0.2, 0.25) is 0 Å². The van der Waals surface area contributed by atoms with E-state index in [1.807, 2.05) is 41.9 Å². The maximum atomic E-state index is 5.86. The minimum absolute atomic E-state index is 0.680. The van der Waals surface area contributed by atoms with Crippen LogP contribution >= 0.6 is 0 Å². The van der Waals surface area contributed by atoms with Crippen molar-refractivity contribution in [3.63, 3.8) is 0 Å². The van der Waals surface area contributed by atoms with Gasteiger partial charge in [-0.25, -0.2) is 9.97 Å². The van der Waals surface area contributed by atoms with Gasteiger partial charge in [-0.2, -0.15) is 0 Å². The second-order valence-electron chi connectivity index (χ2n) is 3.73. The van der Waals surface area contributed by atoms with E-state index in [4.69, 9.17) is 5.73 Å². The van der Waals surface area contributed by atoms with Crippen LogP contribution in [0.2, 0.25) is 0 Å². The van der Waals surface area contributed by atoms with E-state index in [1.54, 1.807) is 12.4 Å². The third-order valence-electron chi connectivity index (χ3n) is 2.48. The lowest BCUT2D eigenvalue weighted by Crippen LogP contribution is -2.21. The molecule has 0 aliphatic carbocycles. The smallest absolute Gasteiger partial charge is 0.151 e. The molecule has 5 heteroatoms. The van der Waals surface area contributed by atoms with Crippen molar-refractivity contribution in [3.05, 3.63) is 36.5 Å². The SMILES string of the molecule is CN(Cc1nccn1C)c1ncccc1N. The van der Waals surface area contributed by atoms with Crippen LogP contribution in [0.5, 0.6) is 0 Å². The molecular formula is C11H15N5. The molecule has 16 heavy (non-hydrogen) atoms. The van der Waals surface area contributed by atoms with Gasteiger partial charge in [-0.3, -0.25) is 0 Å². The monoisotopic (exact) mass is 217 g/mol. The first-order chi connectivity index (χ1) is 7.68. The minimum Gasteiger partial charge on any atom is -0.396 e. The Hall–Kier alpha value is -2.04. The van der Waals surface area contributed by atoms with Crippen molar-refractivity contribution in [1.29, 1.82) is 0 Å². The molecule has 0 bridgehead atoms. The quantitative estimate of drug-likeness (QED) is 0.834. The van der Waals surface area contributed by atoms with E-state index in [0.29, 0.717) is 12.2 Å². The first kappa shape index (κ1) is 10.5. The minimum atomic E-state index is 0.680. The van der Waals surface area contributed by atoms with E-state index in [9.17, 15) is 0 Å². The third kappa shape index (κ3) is 1.98. The number of hydrogen-bond donors (Lipinski definition) is 1. The summed E-state index contributed by atoms with van der Waals surface area (Å²) in [5, 5.41) is 0. The number of anilines is 2. The van der Waals surface area contributed by atoms with Gasteiger partial charge in [-0.15, -0.1) is 0 Å². The zero-order chi connectivity index (χ0) is 11.5. The van der Waals surface area contributed by atoms with E-state index in [1.165, 1.54) is 0 Å². The van der Waals surface area contributed by atoms with Gasteiger partial charge in [-0.1, -0.05) is 0 Å². The van der Waals surface area contributed by atoms with Gasteiger partial charge in [0.05, 0.1) is 12.2 Å². The summed E-state index contributed by atoms with van der Waals surface area (Å²) in [6.45, 7) is 0.685. The molecule has 0 spiro atoms. The highest BCUT2D eigenvalue weighted by molar-refractivity contribution is 5.61. The predicted octanol–water partition coefficient (Wildman–Crippen LogP) is 1.03. The first-order valence-corrected chi connectivity index (χ1v) is 5.06. The zero-order valence-corrected chi connectivity index (χ0v) is 9.46. The molecule has 2 aromatic heterocycles. The summed E-state index contributed by atoms with van der Waals surface area (Å²) in [6, 6.07) is 3.67. The molecule has 2 N–H and O–H groups in total. The van der Waals surface area contributed by atoms with Crippen LogP contribution in [0.3, 0.4) is 0 Å². The van der Waals surface area contributed by atoms with Crippen LogP contribution < -0.4 is 10.6 Å². The molecule has 0 aliphatic heterocycles. The number of imidazole rings is 1. The summed E-state index contributed by atoms with van der Waals surface area (Å²) < 4.78 is 1.98. The number of nitrogens with zero attached hydrogens (tertiary/aromatic N) is 4. The van der Waals surface area contributed by atoms with Gasteiger partial charge >= 0.3 is 0 Å². The maximum Gasteiger partial charge on any atom is 0.151 e. The Morgan fingerprint density at radius 1 is 1.38 bits per heavy atom. The average molecular weight is 217 g/mol. The summed E-state index contributed by atoms with van der Waals surface area (Å²) in [7, 11) is 3.92. The van der Waals surface area contributed by atoms with E-state index >= 15 is 0 Å². The molecule has 0 atom stereocenters. The number of nitrogen functional groups attached to an aromatic ring is 1. The Morgan fingerprint density at radius 2 is 2.19 bits per heavy atom. The van der Waals surface area contributed by atoms with Gasteiger partial charge < -0.3 is 15.2 Å². The van der Waals surface area contributed by atoms with Crippen LogP contribution in [0, 0.1) is 0 Å². The molecule has 0 saturated carbocycles. The number of aromatic nitrogens is 3. The Morgan fingerprint density at radius 3 is 2.81 bits per heavy atom. The normalized spacial score (nSPS) is 10.4. The fourth-order valence-electron chi connectivity index (χ4n) is 1.56. The fraction of sp³-hybridized carbons (Fsp3) is 0.273. The van der Waals surface area contributed by atoms with E-state index in [2.05, 4.69) is 9.97 Å². The van der Waals surface area contributed by atoms with E-state index in [-0.39, 0.29) is 0 Å². The molecule has 2 heterocycles. The first-order valence-electron chi connectivity index (χ1n) is 5.06. The topological polar surface area (TPSA) is 60.0 Å². The molecular weight excluding hydrogens is 202 g/mol. The van der Waals surface area contributed by atoms with Gasteiger partial charge in [0, 0.05) is 32.7 Å². The second kappa shape index (κ2) is 4.22. The van der Waals surface area contributed by atoms with Gasteiger partial charge in [0.1, 0.15) is 5.82 Å². The highest BCUT2D eigenvalue weighted by Gasteiger charge is 2.08. The van der Waals surface area contributed by atoms with Crippen LogP contribution in [0.1, 0.15) is 5.82 Å². The number of pyridine rings is 1. The number of aryl methyl sites for hydroxylation is 1. The second-order valence-corrected chi connectivity index (χ2v) is 3.73. The van der Waals surface area contributed by atoms with Crippen LogP contribution in [0.4, 0.5) is 11.5 Å². The predicted molar refractivity (Wildman–Crippen MR) is 64.0 cm³/mol. The third-order valence-corrected chi connectivity index (χ3v) is 2.48. The largest absolute Gasteiger partial charge is 0.396 e. The lowest BCUT2D eigenvalue weighted by Gasteiger charge is -2.19. The van der Waals surface area contributed by atoms with Crippen molar-refractivity contribution >= 4 is 11.5 Å². The van der Waals surface area contributed by atoms with Crippen molar-refractivity contribution < 1.29 is 0 Å². The van der Waals surface area contributed by atoms with Crippen molar-refractivity contribution in [3.8, 4) is 0 Å². The number of rotatable bonds is 3. The summed E-state index contributed by atoms with van der Waals surface area (Å²) in [5.41, 5.74) is 6.54. The standard InChI is InChI=1S/C11H15N5/c1-15-7-6-13-10(15)8-16(2)11-9(12)4-3-5-14-11/h3-7H,8,12H2,1-2H3. The maximum absolute atomic E-state index is 5.86. The van der Waals surface area contributed by atoms with Crippen LogP contribution in [-0.4, -0.2) is 21.6 Å². The highest BCUT2D eigenvalue weighted by atomic mass is 15.2. The van der Waals surface area contributed by atoms with Gasteiger partial charge in [0.15, 0.2) is 5.82 Å². The Balaban J connectivity index is 2.18. The molecule has 2 rings (SSSR count). The van der Waals surface area contributed by atoms with Gasteiger partial charge in [0.25, 0.3) is 0 Å². The summed E-state index contributed by atoms with van der Waals surface area (Å²) in [6.07, 6.45) is 5.44. The molecule has 0 aromatic carbocycles. The molecule has 0 fully saturated rings. The Bertz CT molecular complexity index is 477. The molecule has 0 radical (unpaired) electrons. The van der Waals surface area contributed by atoms with Gasteiger partial charge in [-0.05, 0) is 12.1 Å².